The van der Waals surface area contributed by atoms with Crippen LogP contribution in [0.4, 0.5) is 0 Å². The molecular weight excluding hydrogens is 392 g/mol. The topological polar surface area (TPSA) is 66.2 Å². The largest absolute Gasteiger partial charge is 0.451 e. The lowest BCUT2D eigenvalue weighted by atomic mass is 9.86. The van der Waals surface area contributed by atoms with Crippen molar-refractivity contribution in [1.82, 2.24) is 9.80 Å². The van der Waals surface area contributed by atoms with Crippen LogP contribution < -0.4 is 0 Å². The Morgan fingerprint density at radius 2 is 1.86 bits per heavy atom. The van der Waals surface area contributed by atoms with Crippen molar-refractivity contribution >= 4 is 17.5 Å². The second-order valence-electron chi connectivity index (χ2n) is 7.79. The lowest BCUT2D eigenvalue weighted by Gasteiger charge is -2.45. The molecule has 1 aliphatic carbocycles. The van der Waals surface area contributed by atoms with Gasteiger partial charge in [-0.25, -0.2) is 0 Å². The zero-order valence-corrected chi connectivity index (χ0v) is 17.3. The van der Waals surface area contributed by atoms with Gasteiger partial charge in [0.1, 0.15) is 5.76 Å². The van der Waals surface area contributed by atoms with E-state index < -0.39 is 6.10 Å². The van der Waals surface area contributed by atoms with Gasteiger partial charge in [0, 0.05) is 36.8 Å². The predicted octanol–water partition coefficient (Wildman–Crippen LogP) is 3.29. The van der Waals surface area contributed by atoms with Crippen molar-refractivity contribution in [2.45, 2.75) is 37.5 Å². The van der Waals surface area contributed by atoms with E-state index in [1.807, 2.05) is 12.1 Å². The molecule has 0 bridgehead atoms. The van der Waals surface area contributed by atoms with E-state index in [4.69, 9.17) is 20.8 Å². The lowest BCUT2D eigenvalue weighted by molar-refractivity contribution is -0.0616. The van der Waals surface area contributed by atoms with Gasteiger partial charge in [0.25, 0.3) is 5.91 Å². The molecule has 2 fully saturated rings. The van der Waals surface area contributed by atoms with Crippen molar-refractivity contribution < 1.29 is 19.1 Å². The number of aliphatic hydroxyl groups excluding tert-OH is 1. The van der Waals surface area contributed by atoms with E-state index in [2.05, 4.69) is 4.90 Å². The average Bonchev–Trinajstić information content (AvgIpc) is 3.24. The molecule has 29 heavy (non-hydrogen) atoms. The molecule has 1 saturated carbocycles. The Labute approximate surface area is 176 Å². The maximum atomic E-state index is 13.0. The van der Waals surface area contributed by atoms with Crippen LogP contribution in [0.1, 0.15) is 29.8 Å². The van der Waals surface area contributed by atoms with Crippen molar-refractivity contribution in [3.63, 3.8) is 0 Å². The van der Waals surface area contributed by atoms with Gasteiger partial charge in [0.15, 0.2) is 5.76 Å². The fraction of sp³-hybridized carbons (Fsp3) is 0.500. The summed E-state index contributed by atoms with van der Waals surface area (Å²) in [5.41, 5.74) is 0.862. The number of rotatable bonds is 4. The zero-order chi connectivity index (χ0) is 20.4. The van der Waals surface area contributed by atoms with Gasteiger partial charge in [-0.1, -0.05) is 11.6 Å². The minimum atomic E-state index is -0.582. The molecule has 7 heteroatoms. The molecule has 1 aliphatic heterocycles. The van der Waals surface area contributed by atoms with Gasteiger partial charge < -0.3 is 19.2 Å². The molecule has 0 unspecified atom stereocenters. The highest BCUT2D eigenvalue weighted by Crippen LogP contribution is 2.29. The van der Waals surface area contributed by atoms with Crippen LogP contribution in [0.15, 0.2) is 40.8 Å². The Balaban J connectivity index is 1.46. The lowest BCUT2D eigenvalue weighted by Crippen LogP contribution is -2.58. The fourth-order valence-corrected chi connectivity index (χ4v) is 4.54. The standard InChI is InChI=1S/C22H27ClN2O4/c1-24(17-3-2-4-18(21(17)26)25-11-13-28-14-12-25)22(27)20-10-9-19(29-20)15-5-7-16(23)8-6-15/h5-10,17-18,21,26H,2-4,11-14H2,1H3/t17-,18-,21-/m1/s1. The maximum absolute atomic E-state index is 13.0. The average molecular weight is 419 g/mol. The van der Waals surface area contributed by atoms with E-state index in [1.54, 1.807) is 36.2 Å². The van der Waals surface area contributed by atoms with Crippen molar-refractivity contribution in [3.05, 3.63) is 47.2 Å². The number of hydrogen-bond donors (Lipinski definition) is 1. The van der Waals surface area contributed by atoms with Gasteiger partial charge >= 0.3 is 0 Å². The Hall–Kier alpha value is -1.86. The molecule has 156 valence electrons. The number of morpholine rings is 1. The molecule has 1 amide bonds. The predicted molar refractivity (Wildman–Crippen MR) is 111 cm³/mol. The highest BCUT2D eigenvalue weighted by molar-refractivity contribution is 6.30. The van der Waals surface area contributed by atoms with E-state index >= 15 is 0 Å². The summed E-state index contributed by atoms with van der Waals surface area (Å²) in [6.45, 7) is 3.05. The van der Waals surface area contributed by atoms with Crippen LogP contribution in [-0.4, -0.2) is 72.4 Å². The Morgan fingerprint density at radius 3 is 2.59 bits per heavy atom. The first-order valence-electron chi connectivity index (χ1n) is 10.2. The molecule has 1 aromatic carbocycles. The van der Waals surface area contributed by atoms with Crippen molar-refractivity contribution in [1.29, 1.82) is 0 Å². The number of ether oxygens (including phenoxy) is 1. The number of carbonyl (C=O) groups excluding carboxylic acids is 1. The molecule has 6 nitrogen and oxygen atoms in total. The summed E-state index contributed by atoms with van der Waals surface area (Å²) in [7, 11) is 1.75. The number of furan rings is 1. The van der Waals surface area contributed by atoms with E-state index in [0.29, 0.717) is 24.0 Å². The van der Waals surface area contributed by atoms with Crippen molar-refractivity contribution in [3.8, 4) is 11.3 Å². The Bertz CT molecular complexity index is 832. The van der Waals surface area contributed by atoms with Crippen LogP contribution in [0, 0.1) is 0 Å². The highest BCUT2D eigenvalue weighted by atomic mass is 35.5. The van der Waals surface area contributed by atoms with E-state index in [0.717, 1.165) is 37.9 Å². The van der Waals surface area contributed by atoms with Crippen LogP contribution in [-0.2, 0) is 4.74 Å². The van der Waals surface area contributed by atoms with E-state index in [1.165, 1.54) is 0 Å². The first-order valence-corrected chi connectivity index (χ1v) is 10.5. The molecule has 0 spiro atoms. The van der Waals surface area contributed by atoms with Crippen LogP contribution in [0.25, 0.3) is 11.3 Å². The minimum Gasteiger partial charge on any atom is -0.451 e. The molecule has 2 heterocycles. The van der Waals surface area contributed by atoms with Crippen molar-refractivity contribution in [2.75, 3.05) is 33.4 Å². The van der Waals surface area contributed by atoms with Crippen LogP contribution in [0.3, 0.4) is 0 Å². The Kier molecular flexibility index (Phi) is 6.25. The molecule has 2 aromatic rings. The van der Waals surface area contributed by atoms with Crippen LogP contribution in [0.5, 0.6) is 0 Å². The summed E-state index contributed by atoms with van der Waals surface area (Å²) in [6, 6.07) is 10.6. The van der Waals surface area contributed by atoms with E-state index in [-0.39, 0.29) is 23.8 Å². The van der Waals surface area contributed by atoms with Crippen LogP contribution >= 0.6 is 11.6 Å². The summed E-state index contributed by atoms with van der Waals surface area (Å²) in [5.74, 6) is 0.684. The first-order chi connectivity index (χ1) is 14.0. The van der Waals surface area contributed by atoms with Gasteiger partial charge in [-0.05, 0) is 55.7 Å². The third-order valence-electron chi connectivity index (χ3n) is 6.07. The number of aliphatic hydroxyl groups is 1. The number of hydrogen-bond acceptors (Lipinski definition) is 5. The molecule has 3 atom stereocenters. The van der Waals surface area contributed by atoms with Gasteiger partial charge in [-0.3, -0.25) is 9.69 Å². The molecule has 4 rings (SSSR count). The Morgan fingerprint density at radius 1 is 1.14 bits per heavy atom. The number of halogens is 1. The quantitative estimate of drug-likeness (QED) is 0.825. The van der Waals surface area contributed by atoms with Gasteiger partial charge in [0.05, 0.1) is 25.4 Å². The molecule has 0 radical (unpaired) electrons. The first kappa shape index (κ1) is 20.4. The number of nitrogens with zero attached hydrogens (tertiary/aromatic N) is 2. The smallest absolute Gasteiger partial charge is 0.289 e. The van der Waals surface area contributed by atoms with Crippen molar-refractivity contribution in [2.24, 2.45) is 0 Å². The summed E-state index contributed by atoms with van der Waals surface area (Å²) >= 11 is 5.94. The van der Waals surface area contributed by atoms with E-state index in [9.17, 15) is 9.90 Å². The van der Waals surface area contributed by atoms with Gasteiger partial charge in [-0.15, -0.1) is 0 Å². The molecule has 1 aromatic heterocycles. The third-order valence-corrected chi connectivity index (χ3v) is 6.32. The summed E-state index contributed by atoms with van der Waals surface area (Å²) < 4.78 is 11.3. The summed E-state index contributed by atoms with van der Waals surface area (Å²) in [4.78, 5) is 17.0. The highest BCUT2D eigenvalue weighted by Gasteiger charge is 2.39. The molecular formula is C22H27ClN2O4. The SMILES string of the molecule is CN(C(=O)c1ccc(-c2ccc(Cl)cc2)o1)[C@@H]1CCC[C@@H](N2CCOCC2)[C@@H]1O. The minimum absolute atomic E-state index is 0.0640. The van der Waals surface area contributed by atoms with Gasteiger partial charge in [-0.2, -0.15) is 0 Å². The second-order valence-corrected chi connectivity index (χ2v) is 8.23. The zero-order valence-electron chi connectivity index (χ0n) is 16.6. The number of benzene rings is 1. The van der Waals surface area contributed by atoms with Gasteiger partial charge in [0.2, 0.25) is 0 Å². The monoisotopic (exact) mass is 418 g/mol. The second kappa shape index (κ2) is 8.88. The number of amides is 1. The summed E-state index contributed by atoms with van der Waals surface area (Å²) in [6.07, 6.45) is 2.13. The van der Waals surface area contributed by atoms with Crippen LogP contribution in [0.2, 0.25) is 5.02 Å². The molecule has 2 aliphatic rings. The molecule has 1 saturated heterocycles. The normalized spacial score (nSPS) is 25.7. The third kappa shape index (κ3) is 4.36. The fourth-order valence-electron chi connectivity index (χ4n) is 4.41. The number of carbonyl (C=O) groups is 1. The number of likely N-dealkylation sites (N-methyl/N-ethyl adjacent to an activating group) is 1. The molecule has 1 N–H and O–H groups in total. The summed E-state index contributed by atoms with van der Waals surface area (Å²) in [5, 5.41) is 11.7. The maximum Gasteiger partial charge on any atom is 0.289 e.